The van der Waals surface area contributed by atoms with Gasteiger partial charge in [-0.05, 0) is 50.3 Å². The normalized spacial score (nSPS) is 19.0. The van der Waals surface area contributed by atoms with Crippen LogP contribution in [0.1, 0.15) is 38.5 Å². The van der Waals surface area contributed by atoms with Gasteiger partial charge in [-0.15, -0.1) is 29.4 Å². The Hall–Kier alpha value is -0.840. The molecule has 0 radical (unpaired) electrons. The monoisotopic (exact) mass is 359 g/mol. The molecule has 2 saturated heterocycles. The van der Waals surface area contributed by atoms with E-state index < -0.39 is 11.9 Å². The van der Waals surface area contributed by atoms with Crippen LogP contribution in [0.25, 0.3) is 0 Å². The standard InChI is InChI=1S/C14H23NS2.C2H2O4/c1(3-8-14-16-12-7-13-17-14)4-9-15-10-5-2-6-11-15;3-1(4)2(5)6/h14H,2-3,5-13H2;(H,3,4)(H,5,6). The third-order valence-electron chi connectivity index (χ3n) is 3.46. The van der Waals surface area contributed by atoms with Crippen molar-refractivity contribution in [2.75, 3.05) is 31.1 Å². The molecule has 0 aromatic rings. The molecule has 2 N–H and O–H groups in total. The van der Waals surface area contributed by atoms with Crippen LogP contribution in [-0.2, 0) is 9.59 Å². The number of piperidine rings is 1. The molecule has 5 nitrogen and oxygen atoms in total. The number of hydrogen-bond acceptors (Lipinski definition) is 5. The van der Waals surface area contributed by atoms with Gasteiger partial charge in [0.1, 0.15) is 0 Å². The highest BCUT2D eigenvalue weighted by molar-refractivity contribution is 8.17. The summed E-state index contributed by atoms with van der Waals surface area (Å²) < 4.78 is 0.827. The summed E-state index contributed by atoms with van der Waals surface area (Å²) >= 11 is 4.27. The van der Waals surface area contributed by atoms with Crippen molar-refractivity contribution >= 4 is 35.5 Å². The molecular weight excluding hydrogens is 334 g/mol. The number of carbonyl (C=O) groups is 2. The predicted octanol–water partition coefficient (Wildman–Crippen LogP) is 2.61. The number of aliphatic carboxylic acids is 2. The van der Waals surface area contributed by atoms with Gasteiger partial charge in [0.05, 0.1) is 11.1 Å². The molecule has 0 bridgehead atoms. The van der Waals surface area contributed by atoms with Crippen LogP contribution in [-0.4, -0.2) is 62.8 Å². The summed E-state index contributed by atoms with van der Waals surface area (Å²) in [6.07, 6.45) is 7.93. The Kier molecular flexibility index (Phi) is 11.0. The van der Waals surface area contributed by atoms with Gasteiger partial charge in [0.15, 0.2) is 0 Å². The smallest absolute Gasteiger partial charge is 0.414 e. The summed E-state index contributed by atoms with van der Waals surface area (Å²) in [6.45, 7) is 3.54. The fraction of sp³-hybridized carbons (Fsp3) is 0.750. The Balaban J connectivity index is 0.000000379. The number of likely N-dealkylation sites (tertiary alicyclic amines) is 1. The molecule has 0 atom stereocenters. The Morgan fingerprint density at radius 1 is 0.957 bits per heavy atom. The van der Waals surface area contributed by atoms with Crippen LogP contribution in [0.3, 0.4) is 0 Å². The van der Waals surface area contributed by atoms with E-state index in [1.807, 2.05) is 0 Å². The van der Waals surface area contributed by atoms with Gasteiger partial charge in [-0.1, -0.05) is 12.3 Å². The third kappa shape index (κ3) is 10.5. The first-order chi connectivity index (χ1) is 11.1. The number of carboxylic acid groups (broad SMARTS) is 2. The average Bonchev–Trinajstić information content (AvgIpc) is 2.57. The molecule has 0 aromatic carbocycles. The molecule has 2 fully saturated rings. The van der Waals surface area contributed by atoms with Crippen LogP contribution < -0.4 is 0 Å². The van der Waals surface area contributed by atoms with Crippen molar-refractivity contribution in [3.63, 3.8) is 0 Å². The largest absolute Gasteiger partial charge is 0.473 e. The summed E-state index contributed by atoms with van der Waals surface area (Å²) in [7, 11) is 0. The zero-order valence-corrected chi connectivity index (χ0v) is 15.0. The summed E-state index contributed by atoms with van der Waals surface area (Å²) in [5.74, 6) is 5.79. The predicted molar refractivity (Wildman–Crippen MR) is 95.9 cm³/mol. The lowest BCUT2D eigenvalue weighted by molar-refractivity contribution is -0.159. The summed E-state index contributed by atoms with van der Waals surface area (Å²) in [6, 6.07) is 0. The van der Waals surface area contributed by atoms with E-state index in [4.69, 9.17) is 19.8 Å². The van der Waals surface area contributed by atoms with Crippen molar-refractivity contribution < 1.29 is 19.8 Å². The van der Waals surface area contributed by atoms with Crippen molar-refractivity contribution in [3.05, 3.63) is 0 Å². The van der Waals surface area contributed by atoms with Gasteiger partial charge in [-0.3, -0.25) is 4.90 Å². The van der Waals surface area contributed by atoms with E-state index in [9.17, 15) is 0 Å². The molecule has 0 unspecified atom stereocenters. The van der Waals surface area contributed by atoms with E-state index in [1.165, 1.54) is 56.7 Å². The number of hydrogen-bond donors (Lipinski definition) is 2. The zero-order valence-electron chi connectivity index (χ0n) is 13.3. The number of rotatable bonds is 3. The third-order valence-corrected chi connectivity index (χ3v) is 6.54. The SMILES string of the molecule is C(#CCN1CCCCC1)CCC1SCCCS1.O=C(O)C(=O)O. The van der Waals surface area contributed by atoms with Gasteiger partial charge in [-0.25, -0.2) is 9.59 Å². The van der Waals surface area contributed by atoms with Crippen LogP contribution in [0.2, 0.25) is 0 Å². The average molecular weight is 360 g/mol. The quantitative estimate of drug-likeness (QED) is 0.592. The highest BCUT2D eigenvalue weighted by Gasteiger charge is 2.13. The van der Waals surface area contributed by atoms with E-state index in [1.54, 1.807) is 0 Å². The number of nitrogens with zero attached hydrogens (tertiary/aromatic N) is 1. The maximum atomic E-state index is 9.10. The summed E-state index contributed by atoms with van der Waals surface area (Å²) in [5, 5.41) is 14.8. The maximum Gasteiger partial charge on any atom is 0.414 e. The van der Waals surface area contributed by atoms with Crippen LogP contribution in [0.5, 0.6) is 0 Å². The molecule has 2 aliphatic heterocycles. The summed E-state index contributed by atoms with van der Waals surface area (Å²) in [4.78, 5) is 20.7. The molecule has 0 saturated carbocycles. The molecule has 23 heavy (non-hydrogen) atoms. The fourth-order valence-corrected chi connectivity index (χ4v) is 5.13. The number of thioether (sulfide) groups is 2. The maximum absolute atomic E-state index is 9.10. The van der Waals surface area contributed by atoms with Gasteiger partial charge in [0.2, 0.25) is 0 Å². The minimum absolute atomic E-state index is 0.827. The molecule has 0 aromatic heterocycles. The van der Waals surface area contributed by atoms with E-state index in [0.29, 0.717) is 0 Å². The van der Waals surface area contributed by atoms with E-state index in [2.05, 4.69) is 40.3 Å². The Morgan fingerprint density at radius 2 is 1.57 bits per heavy atom. The van der Waals surface area contributed by atoms with Gasteiger partial charge >= 0.3 is 11.9 Å². The molecule has 2 heterocycles. The van der Waals surface area contributed by atoms with Crippen molar-refractivity contribution in [2.45, 2.75) is 43.1 Å². The van der Waals surface area contributed by atoms with Gasteiger partial charge in [-0.2, -0.15) is 0 Å². The molecule has 2 rings (SSSR count). The second-order valence-corrected chi connectivity index (χ2v) is 8.28. The Morgan fingerprint density at radius 3 is 2.13 bits per heavy atom. The van der Waals surface area contributed by atoms with Crippen LogP contribution in [0.15, 0.2) is 0 Å². The molecule has 0 spiro atoms. The van der Waals surface area contributed by atoms with E-state index in [0.717, 1.165) is 17.5 Å². The molecule has 2 aliphatic rings. The lowest BCUT2D eigenvalue weighted by Crippen LogP contribution is -2.29. The molecule has 0 amide bonds. The lowest BCUT2D eigenvalue weighted by Gasteiger charge is -2.23. The second kappa shape index (κ2) is 12.6. The first kappa shape index (κ1) is 20.2. The minimum Gasteiger partial charge on any atom is -0.473 e. The van der Waals surface area contributed by atoms with Gasteiger partial charge in [0.25, 0.3) is 0 Å². The highest BCUT2D eigenvalue weighted by Crippen LogP contribution is 2.33. The van der Waals surface area contributed by atoms with E-state index >= 15 is 0 Å². The van der Waals surface area contributed by atoms with Crippen LogP contribution >= 0.6 is 23.5 Å². The van der Waals surface area contributed by atoms with Crippen LogP contribution in [0.4, 0.5) is 0 Å². The van der Waals surface area contributed by atoms with Crippen molar-refractivity contribution in [2.24, 2.45) is 0 Å². The fourth-order valence-electron chi connectivity index (χ4n) is 2.27. The summed E-state index contributed by atoms with van der Waals surface area (Å²) in [5.41, 5.74) is 0. The van der Waals surface area contributed by atoms with Gasteiger partial charge in [0, 0.05) is 6.42 Å². The van der Waals surface area contributed by atoms with Crippen LogP contribution in [0, 0.1) is 11.8 Å². The van der Waals surface area contributed by atoms with Gasteiger partial charge < -0.3 is 10.2 Å². The molecule has 130 valence electrons. The molecule has 7 heteroatoms. The van der Waals surface area contributed by atoms with Crippen molar-refractivity contribution in [1.82, 2.24) is 4.90 Å². The van der Waals surface area contributed by atoms with E-state index in [-0.39, 0.29) is 0 Å². The lowest BCUT2D eigenvalue weighted by atomic mass is 10.1. The topological polar surface area (TPSA) is 77.8 Å². The van der Waals surface area contributed by atoms with Crippen molar-refractivity contribution in [3.8, 4) is 11.8 Å². The zero-order chi connectivity index (χ0) is 16.9. The molecule has 0 aliphatic carbocycles. The first-order valence-electron chi connectivity index (χ1n) is 7.97. The minimum atomic E-state index is -1.82. The number of carboxylic acids is 2. The Labute approximate surface area is 146 Å². The Bertz CT molecular complexity index is 410. The first-order valence-corrected chi connectivity index (χ1v) is 10.1. The van der Waals surface area contributed by atoms with Crippen molar-refractivity contribution in [1.29, 1.82) is 0 Å². The second-order valence-electron chi connectivity index (χ2n) is 5.36. The molecular formula is C16H25NO4S2. The highest BCUT2D eigenvalue weighted by atomic mass is 32.2.